The van der Waals surface area contributed by atoms with Crippen LogP contribution >= 0.6 is 11.8 Å². The number of amides is 1. The molecule has 1 aliphatic heterocycles. The molecule has 0 aromatic heterocycles. The van der Waals surface area contributed by atoms with Gasteiger partial charge >= 0.3 is 7.12 Å². The van der Waals surface area contributed by atoms with Crippen molar-refractivity contribution in [2.24, 2.45) is 0 Å². The molecule has 0 saturated carbocycles. The number of carbonyl (C=O) groups is 1. The third-order valence-electron chi connectivity index (χ3n) is 6.57. The molecular weight excluding hydrogens is 457 g/mol. The lowest BCUT2D eigenvalue weighted by Crippen LogP contribution is -2.41. The summed E-state index contributed by atoms with van der Waals surface area (Å²) in [6.07, 6.45) is 2.83. The monoisotopic (exact) mass is 489 g/mol. The number of hydrogen-bond acceptors (Lipinski definition) is 5. The van der Waals surface area contributed by atoms with Gasteiger partial charge in [0.1, 0.15) is 5.75 Å². The first-order chi connectivity index (χ1) is 16.7. The van der Waals surface area contributed by atoms with Gasteiger partial charge in [0.05, 0.1) is 17.8 Å². The Bertz CT molecular complexity index is 1150. The lowest BCUT2D eigenvalue weighted by molar-refractivity contribution is 0.00578. The van der Waals surface area contributed by atoms with Gasteiger partial charge in [0.2, 0.25) is 0 Å². The van der Waals surface area contributed by atoms with Crippen molar-refractivity contribution in [1.82, 2.24) is 0 Å². The van der Waals surface area contributed by atoms with Gasteiger partial charge in [-0.3, -0.25) is 4.79 Å². The highest BCUT2D eigenvalue weighted by Crippen LogP contribution is 2.36. The molecule has 1 saturated heterocycles. The average molecular weight is 489 g/mol. The number of anilines is 1. The third kappa shape index (κ3) is 6.10. The molecule has 4 rings (SSSR count). The van der Waals surface area contributed by atoms with Crippen LogP contribution in [-0.4, -0.2) is 37.1 Å². The zero-order chi connectivity index (χ0) is 25.1. The number of hydrogen-bond donors (Lipinski definition) is 1. The maximum atomic E-state index is 13.1. The van der Waals surface area contributed by atoms with E-state index in [4.69, 9.17) is 14.0 Å². The van der Waals surface area contributed by atoms with Crippen LogP contribution in [0.1, 0.15) is 43.6 Å². The second-order valence-corrected chi connectivity index (χ2v) is 10.5. The molecule has 1 amide bonds. The van der Waals surface area contributed by atoms with Gasteiger partial charge < -0.3 is 19.4 Å². The highest BCUT2D eigenvalue weighted by molar-refractivity contribution is 7.98. The number of benzene rings is 3. The number of thioether (sulfide) groups is 1. The minimum atomic E-state index is -0.522. The van der Waals surface area contributed by atoms with Crippen molar-refractivity contribution in [3.05, 3.63) is 83.9 Å². The van der Waals surface area contributed by atoms with Gasteiger partial charge in [0.15, 0.2) is 0 Å². The third-order valence-corrected chi connectivity index (χ3v) is 7.27. The van der Waals surface area contributed by atoms with Gasteiger partial charge in [-0.15, -0.1) is 11.8 Å². The van der Waals surface area contributed by atoms with Crippen LogP contribution in [0.15, 0.2) is 77.7 Å². The van der Waals surface area contributed by atoms with E-state index in [0.717, 1.165) is 22.5 Å². The minimum absolute atomic E-state index is 0.184. The number of nitrogens with one attached hydrogen (secondary N) is 1. The van der Waals surface area contributed by atoms with Gasteiger partial charge in [0.25, 0.3) is 5.91 Å². The summed E-state index contributed by atoms with van der Waals surface area (Å²) in [5, 5.41) is 2.98. The molecule has 3 aromatic rings. The maximum Gasteiger partial charge on any atom is 0.494 e. The second-order valence-electron chi connectivity index (χ2n) is 9.65. The first kappa shape index (κ1) is 25.4. The summed E-state index contributed by atoms with van der Waals surface area (Å²) >= 11 is 1.58. The van der Waals surface area contributed by atoms with E-state index < -0.39 is 18.3 Å². The quantitative estimate of drug-likeness (QED) is 0.331. The van der Waals surface area contributed by atoms with Crippen molar-refractivity contribution in [2.45, 2.75) is 50.2 Å². The van der Waals surface area contributed by atoms with Crippen LogP contribution in [-0.2, 0) is 15.7 Å². The summed E-state index contributed by atoms with van der Waals surface area (Å²) in [6, 6.07) is 23.4. The fraction of sp³-hybridized carbons (Fsp3) is 0.321. The van der Waals surface area contributed by atoms with Crippen LogP contribution in [0, 0.1) is 0 Å². The molecule has 35 heavy (non-hydrogen) atoms. The Labute approximate surface area is 212 Å². The van der Waals surface area contributed by atoms with Gasteiger partial charge in [-0.05, 0) is 87.4 Å². The van der Waals surface area contributed by atoms with Crippen molar-refractivity contribution in [3.8, 4) is 5.75 Å². The summed E-state index contributed by atoms with van der Waals surface area (Å²) in [6.45, 7) is 8.68. The van der Waals surface area contributed by atoms with Crippen LogP contribution in [0.4, 0.5) is 5.69 Å². The molecule has 0 unspecified atom stereocenters. The summed E-state index contributed by atoms with van der Waals surface area (Å²) in [5.74, 6) is 0.586. The highest BCUT2D eigenvalue weighted by atomic mass is 32.2. The molecule has 3 aromatic carbocycles. The Kier molecular flexibility index (Phi) is 7.60. The summed E-state index contributed by atoms with van der Waals surface area (Å²) in [4.78, 5) is 14.1. The molecule has 1 heterocycles. The molecule has 0 aliphatic carbocycles. The van der Waals surface area contributed by atoms with Crippen LogP contribution in [0.25, 0.3) is 0 Å². The van der Waals surface area contributed by atoms with Gasteiger partial charge in [-0.25, -0.2) is 0 Å². The van der Waals surface area contributed by atoms with E-state index in [1.54, 1.807) is 11.8 Å². The Morgan fingerprint density at radius 3 is 2.23 bits per heavy atom. The number of rotatable bonds is 8. The fourth-order valence-electron chi connectivity index (χ4n) is 3.76. The van der Waals surface area contributed by atoms with E-state index in [1.807, 2.05) is 94.6 Å². The summed E-state index contributed by atoms with van der Waals surface area (Å²) in [7, 11) is -0.522. The molecule has 1 fully saturated rings. The molecule has 0 bridgehead atoms. The minimum Gasteiger partial charge on any atom is -0.493 e. The van der Waals surface area contributed by atoms with E-state index in [1.165, 1.54) is 5.56 Å². The molecular formula is C28H32BNO4S. The molecule has 182 valence electrons. The summed E-state index contributed by atoms with van der Waals surface area (Å²) in [5.41, 5.74) is 2.45. The zero-order valence-electron chi connectivity index (χ0n) is 21.0. The molecule has 0 spiro atoms. The summed E-state index contributed by atoms with van der Waals surface area (Å²) < 4.78 is 18.2. The molecule has 0 radical (unpaired) electrons. The Balaban J connectivity index is 1.40. The standard InChI is InChI=1S/C28H32BNO4S/c1-27(2)28(3,4)34-29(33-27)22-17-21(18-25(19-22)35-5)26(31)30-23-11-13-24(14-12-23)32-16-15-20-9-7-6-8-10-20/h6-14,17-19H,15-16H2,1-5H3,(H,30,31). The molecule has 0 atom stereocenters. The maximum absolute atomic E-state index is 13.1. The number of carbonyl (C=O) groups excluding carboxylic acids is 1. The topological polar surface area (TPSA) is 56.8 Å². The van der Waals surface area contributed by atoms with Crippen molar-refractivity contribution >= 4 is 35.9 Å². The van der Waals surface area contributed by atoms with Gasteiger partial charge in [-0.2, -0.15) is 0 Å². The molecule has 7 heteroatoms. The fourth-order valence-corrected chi connectivity index (χ4v) is 4.25. The van der Waals surface area contributed by atoms with Crippen molar-refractivity contribution in [1.29, 1.82) is 0 Å². The predicted octanol–water partition coefficient (Wildman–Crippen LogP) is 5.58. The van der Waals surface area contributed by atoms with E-state index in [2.05, 4.69) is 17.4 Å². The Hall–Kier alpha value is -2.74. The van der Waals surface area contributed by atoms with E-state index in [9.17, 15) is 4.79 Å². The second kappa shape index (κ2) is 10.5. The normalized spacial score (nSPS) is 16.2. The first-order valence-electron chi connectivity index (χ1n) is 11.8. The van der Waals surface area contributed by atoms with Crippen molar-refractivity contribution in [2.75, 3.05) is 18.2 Å². The molecule has 1 aliphatic rings. The Morgan fingerprint density at radius 2 is 1.60 bits per heavy atom. The highest BCUT2D eigenvalue weighted by Gasteiger charge is 2.51. The smallest absolute Gasteiger partial charge is 0.493 e. The first-order valence-corrected chi connectivity index (χ1v) is 13.0. The SMILES string of the molecule is CSc1cc(B2OC(C)(C)C(C)(C)O2)cc(C(=O)Nc2ccc(OCCc3ccccc3)cc2)c1. The lowest BCUT2D eigenvalue weighted by atomic mass is 9.78. The van der Waals surface area contributed by atoms with E-state index >= 15 is 0 Å². The van der Waals surface area contributed by atoms with Crippen LogP contribution in [0.2, 0.25) is 0 Å². The number of ether oxygens (including phenoxy) is 1. The Morgan fingerprint density at radius 1 is 0.943 bits per heavy atom. The van der Waals surface area contributed by atoms with Crippen molar-refractivity contribution < 1.29 is 18.8 Å². The van der Waals surface area contributed by atoms with Crippen LogP contribution < -0.4 is 15.5 Å². The molecule has 1 N–H and O–H groups in total. The molecule has 5 nitrogen and oxygen atoms in total. The van der Waals surface area contributed by atoms with E-state index in [0.29, 0.717) is 17.9 Å². The van der Waals surface area contributed by atoms with Crippen LogP contribution in [0.5, 0.6) is 5.75 Å². The lowest BCUT2D eigenvalue weighted by Gasteiger charge is -2.32. The van der Waals surface area contributed by atoms with Gasteiger partial charge in [-0.1, -0.05) is 30.3 Å². The largest absolute Gasteiger partial charge is 0.494 e. The average Bonchev–Trinajstić information content (AvgIpc) is 3.07. The van der Waals surface area contributed by atoms with Gasteiger partial charge in [0, 0.05) is 22.6 Å². The van der Waals surface area contributed by atoms with Crippen molar-refractivity contribution in [3.63, 3.8) is 0 Å². The predicted molar refractivity (Wildman–Crippen MR) is 144 cm³/mol. The van der Waals surface area contributed by atoms with E-state index in [-0.39, 0.29) is 5.91 Å². The van der Waals surface area contributed by atoms with Crippen LogP contribution in [0.3, 0.4) is 0 Å². The zero-order valence-corrected chi connectivity index (χ0v) is 21.8.